The first kappa shape index (κ1) is 27.3. The number of phenolic OH excluding ortho intramolecular Hbond substituents is 1. The van der Waals surface area contributed by atoms with Crippen LogP contribution in [-0.2, 0) is 33.3 Å². The molecule has 1 fully saturated rings. The number of rotatable bonds is 6. The number of esters is 2. The Kier molecular flexibility index (Phi) is 7.24. The molecule has 1 aromatic rings. The molecule has 39 heavy (non-hydrogen) atoms. The fourth-order valence-electron chi connectivity index (χ4n) is 5.30. The molecule has 0 amide bonds. The van der Waals surface area contributed by atoms with Gasteiger partial charge in [0.1, 0.15) is 36.3 Å². The maximum Gasteiger partial charge on any atom is 0.338 e. The van der Waals surface area contributed by atoms with Gasteiger partial charge in [0.05, 0.1) is 37.0 Å². The quantitative estimate of drug-likeness (QED) is 0.181. The van der Waals surface area contributed by atoms with E-state index in [0.29, 0.717) is 5.56 Å². The van der Waals surface area contributed by atoms with Crippen LogP contribution >= 0.6 is 0 Å². The SMILES string of the molecule is COC(=O)C1=CO[C@@H](O[C@H]2O[C@@H](CO)[C@H](O)[C@@H](O)[C@@H]2O)[C@H]2[C@@H]1C=C[C@@]21C=C([C@@H](O)c2ccc(O)cc2)C(=O)O1. The number of hydrogen-bond donors (Lipinski definition) is 6. The van der Waals surface area contributed by atoms with Crippen molar-refractivity contribution in [1.29, 1.82) is 0 Å². The van der Waals surface area contributed by atoms with Crippen LogP contribution in [0, 0.1) is 11.8 Å². The molecule has 10 atom stereocenters. The van der Waals surface area contributed by atoms with Crippen LogP contribution in [0.4, 0.5) is 0 Å². The highest BCUT2D eigenvalue weighted by atomic mass is 16.8. The Morgan fingerprint density at radius 3 is 2.49 bits per heavy atom. The molecule has 0 aromatic heterocycles. The van der Waals surface area contributed by atoms with Crippen molar-refractivity contribution in [2.45, 2.75) is 48.7 Å². The van der Waals surface area contributed by atoms with Gasteiger partial charge in [-0.15, -0.1) is 0 Å². The molecule has 0 unspecified atom stereocenters. The Morgan fingerprint density at radius 1 is 1.10 bits per heavy atom. The van der Waals surface area contributed by atoms with E-state index in [2.05, 4.69) is 0 Å². The topological polar surface area (TPSA) is 202 Å². The minimum atomic E-state index is -1.74. The zero-order valence-corrected chi connectivity index (χ0v) is 20.6. The van der Waals surface area contributed by atoms with Gasteiger partial charge in [-0.1, -0.05) is 18.2 Å². The number of aromatic hydroxyl groups is 1. The molecule has 13 heteroatoms. The van der Waals surface area contributed by atoms with E-state index >= 15 is 0 Å². The van der Waals surface area contributed by atoms with Gasteiger partial charge in [-0.25, -0.2) is 9.59 Å². The first-order chi connectivity index (χ1) is 18.6. The van der Waals surface area contributed by atoms with Gasteiger partial charge >= 0.3 is 11.9 Å². The highest BCUT2D eigenvalue weighted by Gasteiger charge is 2.60. The van der Waals surface area contributed by atoms with Crippen molar-refractivity contribution in [2.75, 3.05) is 13.7 Å². The monoisotopic (exact) mass is 548 g/mol. The molecule has 5 rings (SSSR count). The first-order valence-electron chi connectivity index (χ1n) is 12.1. The van der Waals surface area contributed by atoms with E-state index in [9.17, 15) is 40.2 Å². The van der Waals surface area contributed by atoms with Crippen molar-refractivity contribution in [3.8, 4) is 5.75 Å². The van der Waals surface area contributed by atoms with Crippen molar-refractivity contribution in [3.05, 3.63) is 65.5 Å². The number of hydrogen-bond acceptors (Lipinski definition) is 13. The Labute approximate surface area is 221 Å². The van der Waals surface area contributed by atoms with Crippen LogP contribution in [-0.4, -0.2) is 98.9 Å². The molecule has 0 saturated carbocycles. The number of phenols is 1. The lowest BCUT2D eigenvalue weighted by Gasteiger charge is -2.44. The molecule has 3 heterocycles. The third-order valence-electron chi connectivity index (χ3n) is 7.38. The number of carbonyl (C=O) groups excluding carboxylic acids is 2. The zero-order chi connectivity index (χ0) is 28.1. The van der Waals surface area contributed by atoms with Gasteiger partial charge in [-0.05, 0) is 29.8 Å². The van der Waals surface area contributed by atoms with Crippen LogP contribution in [0.1, 0.15) is 11.7 Å². The Morgan fingerprint density at radius 2 is 1.82 bits per heavy atom. The summed E-state index contributed by atoms with van der Waals surface area (Å²) in [4.78, 5) is 25.5. The summed E-state index contributed by atoms with van der Waals surface area (Å²) < 4.78 is 27.6. The predicted molar refractivity (Wildman–Crippen MR) is 126 cm³/mol. The third-order valence-corrected chi connectivity index (χ3v) is 7.38. The maximum atomic E-state index is 13.0. The Hall–Kier alpha value is -3.30. The molecule has 1 saturated heterocycles. The van der Waals surface area contributed by atoms with Gasteiger partial charge in [0, 0.05) is 5.92 Å². The summed E-state index contributed by atoms with van der Waals surface area (Å²) in [6.07, 6.45) is -5.05. The second-order valence-electron chi connectivity index (χ2n) is 9.65. The highest BCUT2D eigenvalue weighted by Crippen LogP contribution is 2.51. The van der Waals surface area contributed by atoms with E-state index in [1.807, 2.05) is 0 Å². The largest absolute Gasteiger partial charge is 0.508 e. The van der Waals surface area contributed by atoms with Gasteiger partial charge < -0.3 is 54.3 Å². The average molecular weight is 548 g/mol. The van der Waals surface area contributed by atoms with Gasteiger partial charge in [0.15, 0.2) is 11.9 Å². The molecule has 3 aliphatic heterocycles. The molecule has 210 valence electrons. The summed E-state index contributed by atoms with van der Waals surface area (Å²) in [6.45, 7) is -0.681. The molecule has 0 radical (unpaired) electrons. The van der Waals surface area contributed by atoms with Crippen LogP contribution in [0.5, 0.6) is 5.75 Å². The molecule has 0 bridgehead atoms. The Balaban J connectivity index is 1.49. The van der Waals surface area contributed by atoms with Crippen LogP contribution in [0.15, 0.2) is 59.9 Å². The summed E-state index contributed by atoms with van der Waals surface area (Å²) in [7, 11) is 1.19. The molecule has 4 aliphatic rings. The number of benzene rings is 1. The molecule has 13 nitrogen and oxygen atoms in total. The average Bonchev–Trinajstić information content (AvgIpc) is 3.48. The molecule has 6 N–H and O–H groups in total. The van der Waals surface area contributed by atoms with Crippen LogP contribution < -0.4 is 0 Å². The number of carbonyl (C=O) groups is 2. The normalized spacial score (nSPS) is 37.9. The van der Waals surface area contributed by atoms with Crippen LogP contribution in [0.2, 0.25) is 0 Å². The number of fused-ring (bicyclic) bond motifs is 2. The molecule has 1 aromatic carbocycles. The maximum absolute atomic E-state index is 13.0. The van der Waals surface area contributed by atoms with Gasteiger partial charge in [-0.3, -0.25) is 0 Å². The number of aliphatic hydroxyl groups is 5. The standard InChI is InChI=1S/C26H28O13/c1-35-22(33)15-10-36-24(38-25-21(32)20(31)19(30)16(9-27)37-25)17-13(15)6-7-26(17)8-14(23(34)39-26)18(29)11-2-4-12(28)5-3-11/h2-8,10,13,16-21,24-25,27-32H,9H2,1H3/t13-,16+,17-,18+,19+,20-,21+,24+,25-,26-/m1/s1. The summed E-state index contributed by atoms with van der Waals surface area (Å²) in [6, 6.07) is 5.60. The minimum Gasteiger partial charge on any atom is -0.508 e. The second-order valence-corrected chi connectivity index (χ2v) is 9.65. The van der Waals surface area contributed by atoms with Gasteiger partial charge in [-0.2, -0.15) is 0 Å². The third kappa shape index (κ3) is 4.61. The van der Waals surface area contributed by atoms with E-state index < -0.39 is 79.1 Å². The molecular formula is C26H28O13. The summed E-state index contributed by atoms with van der Waals surface area (Å²) in [5.41, 5.74) is -1.27. The highest BCUT2D eigenvalue weighted by molar-refractivity contribution is 5.94. The van der Waals surface area contributed by atoms with Crippen molar-refractivity contribution >= 4 is 11.9 Å². The van der Waals surface area contributed by atoms with Gasteiger partial charge in [0.25, 0.3) is 0 Å². The van der Waals surface area contributed by atoms with Gasteiger partial charge in [0.2, 0.25) is 6.29 Å². The van der Waals surface area contributed by atoms with E-state index in [1.165, 1.54) is 43.5 Å². The number of aliphatic hydroxyl groups excluding tert-OH is 5. The van der Waals surface area contributed by atoms with E-state index in [-0.39, 0.29) is 16.9 Å². The van der Waals surface area contributed by atoms with E-state index in [1.54, 1.807) is 6.08 Å². The lowest BCUT2D eigenvalue weighted by molar-refractivity contribution is -0.344. The predicted octanol–water partition coefficient (Wildman–Crippen LogP) is -1.32. The van der Waals surface area contributed by atoms with Crippen LogP contribution in [0.3, 0.4) is 0 Å². The van der Waals surface area contributed by atoms with Crippen molar-refractivity contribution in [3.63, 3.8) is 0 Å². The number of allylic oxidation sites excluding steroid dienone is 1. The fraction of sp³-hybridized carbons (Fsp3) is 0.462. The summed E-state index contributed by atoms with van der Waals surface area (Å²) in [5, 5.41) is 60.7. The summed E-state index contributed by atoms with van der Waals surface area (Å²) in [5.74, 6) is -3.34. The first-order valence-corrected chi connectivity index (χ1v) is 12.1. The molecular weight excluding hydrogens is 520 g/mol. The lowest BCUT2D eigenvalue weighted by Crippen LogP contribution is -2.60. The Bertz CT molecular complexity index is 1200. The second kappa shape index (κ2) is 10.4. The van der Waals surface area contributed by atoms with E-state index in [4.69, 9.17) is 23.7 Å². The molecule has 1 spiro atoms. The number of methoxy groups -OCH3 is 1. The van der Waals surface area contributed by atoms with Crippen LogP contribution in [0.25, 0.3) is 0 Å². The fourth-order valence-corrected chi connectivity index (χ4v) is 5.30. The van der Waals surface area contributed by atoms with Crippen molar-refractivity contribution < 1.29 is 63.9 Å². The smallest absolute Gasteiger partial charge is 0.338 e. The summed E-state index contributed by atoms with van der Waals surface area (Å²) >= 11 is 0. The minimum absolute atomic E-state index is 0.0263. The van der Waals surface area contributed by atoms with Crippen molar-refractivity contribution in [2.24, 2.45) is 11.8 Å². The lowest BCUT2D eigenvalue weighted by atomic mass is 9.78. The van der Waals surface area contributed by atoms with E-state index in [0.717, 1.165) is 6.26 Å². The zero-order valence-electron chi connectivity index (χ0n) is 20.6. The molecule has 1 aliphatic carbocycles. The number of ether oxygens (including phenoxy) is 5. The van der Waals surface area contributed by atoms with Crippen molar-refractivity contribution in [1.82, 2.24) is 0 Å².